The third-order valence-corrected chi connectivity index (χ3v) is 4.80. The van der Waals surface area contributed by atoms with Gasteiger partial charge in [0.05, 0.1) is 18.8 Å². The van der Waals surface area contributed by atoms with Crippen molar-refractivity contribution in [1.82, 2.24) is 24.7 Å². The van der Waals surface area contributed by atoms with Crippen LogP contribution in [0.5, 0.6) is 0 Å². The SMILES string of the molecule is CC1(C)C[C@H](Nc2nc(NCCn3cncn3)ncc2C#N)CC[C@@H]1O.[HH]. The van der Waals surface area contributed by atoms with Gasteiger partial charge >= 0.3 is 0 Å². The van der Waals surface area contributed by atoms with E-state index in [1.54, 1.807) is 11.0 Å². The van der Waals surface area contributed by atoms with Gasteiger partial charge in [0.15, 0.2) is 0 Å². The van der Waals surface area contributed by atoms with E-state index in [1.165, 1.54) is 12.5 Å². The maximum atomic E-state index is 10.1. The third kappa shape index (κ3) is 4.26. The highest BCUT2D eigenvalue weighted by atomic mass is 16.3. The standard InChI is InChI=1S/C17H24N8O.H2/c1-17(2)7-13(3-4-14(17)26)23-15-12(8-18)9-21-16(24-15)20-5-6-25-11-19-10-22-25;/h9-11,13-14,26H,3-7H2,1-2H3,(H2,20,21,23,24);1H/t13-,14+;/m1./s1. The molecule has 1 aliphatic carbocycles. The minimum absolute atomic E-state index is 0. The topological polar surface area (TPSA) is 125 Å². The second kappa shape index (κ2) is 7.66. The van der Waals surface area contributed by atoms with Gasteiger partial charge in [-0.25, -0.2) is 9.97 Å². The zero-order chi connectivity index (χ0) is 18.6. The van der Waals surface area contributed by atoms with Gasteiger partial charge in [0, 0.05) is 14.0 Å². The molecule has 3 N–H and O–H groups in total. The summed E-state index contributed by atoms with van der Waals surface area (Å²) in [6.45, 7) is 5.36. The summed E-state index contributed by atoms with van der Waals surface area (Å²) in [4.78, 5) is 12.5. The largest absolute Gasteiger partial charge is 0.393 e. The molecular formula is C17H26N8O. The molecule has 0 saturated heterocycles. The quantitative estimate of drug-likeness (QED) is 0.712. The van der Waals surface area contributed by atoms with Crippen molar-refractivity contribution in [3.8, 4) is 6.07 Å². The van der Waals surface area contributed by atoms with Crippen molar-refractivity contribution in [2.24, 2.45) is 5.41 Å². The van der Waals surface area contributed by atoms with E-state index in [0.717, 1.165) is 19.3 Å². The lowest BCUT2D eigenvalue weighted by atomic mass is 9.73. The first kappa shape index (κ1) is 18.1. The van der Waals surface area contributed by atoms with Crippen molar-refractivity contribution in [2.75, 3.05) is 17.2 Å². The molecule has 0 aromatic carbocycles. The van der Waals surface area contributed by atoms with Crippen molar-refractivity contribution < 1.29 is 6.53 Å². The fourth-order valence-electron chi connectivity index (χ4n) is 3.23. The van der Waals surface area contributed by atoms with Gasteiger partial charge in [0.2, 0.25) is 5.95 Å². The van der Waals surface area contributed by atoms with Gasteiger partial charge in [-0.1, -0.05) is 13.8 Å². The molecule has 2 atom stereocenters. The molecule has 0 aliphatic heterocycles. The summed E-state index contributed by atoms with van der Waals surface area (Å²) in [7, 11) is 0. The van der Waals surface area contributed by atoms with Gasteiger partial charge in [-0.2, -0.15) is 15.3 Å². The Bertz CT molecular complexity index is 774. The lowest BCUT2D eigenvalue weighted by molar-refractivity contribution is 0.00926. The first-order chi connectivity index (χ1) is 12.5. The number of aromatic nitrogens is 5. The molecule has 2 aromatic rings. The maximum Gasteiger partial charge on any atom is 0.224 e. The molecule has 0 amide bonds. The molecule has 0 radical (unpaired) electrons. The summed E-state index contributed by atoms with van der Waals surface area (Å²) in [6.07, 6.45) is 6.76. The Morgan fingerprint density at radius 2 is 2.31 bits per heavy atom. The van der Waals surface area contributed by atoms with Gasteiger partial charge in [-0.3, -0.25) is 4.68 Å². The van der Waals surface area contributed by atoms with Crippen LogP contribution in [0, 0.1) is 16.7 Å². The Morgan fingerprint density at radius 3 is 3.00 bits per heavy atom. The van der Waals surface area contributed by atoms with E-state index in [4.69, 9.17) is 0 Å². The van der Waals surface area contributed by atoms with Crippen LogP contribution in [0.4, 0.5) is 11.8 Å². The second-order valence-electron chi connectivity index (χ2n) is 7.28. The summed E-state index contributed by atoms with van der Waals surface area (Å²) in [5.74, 6) is 0.990. The van der Waals surface area contributed by atoms with E-state index in [1.807, 2.05) is 0 Å². The fraction of sp³-hybridized carbons (Fsp3) is 0.588. The van der Waals surface area contributed by atoms with Crippen molar-refractivity contribution >= 4 is 11.8 Å². The number of nitriles is 1. The van der Waals surface area contributed by atoms with Crippen LogP contribution in [-0.4, -0.2) is 48.5 Å². The van der Waals surface area contributed by atoms with Crippen LogP contribution >= 0.6 is 0 Å². The maximum absolute atomic E-state index is 10.1. The van der Waals surface area contributed by atoms with E-state index >= 15 is 0 Å². The smallest absolute Gasteiger partial charge is 0.224 e. The molecular weight excluding hydrogens is 332 g/mol. The molecule has 0 spiro atoms. The third-order valence-electron chi connectivity index (χ3n) is 4.80. The van der Waals surface area contributed by atoms with E-state index in [-0.39, 0.29) is 19.0 Å². The van der Waals surface area contributed by atoms with Crippen molar-refractivity contribution in [2.45, 2.75) is 51.8 Å². The van der Waals surface area contributed by atoms with Crippen LogP contribution in [0.3, 0.4) is 0 Å². The zero-order valence-corrected chi connectivity index (χ0v) is 15.1. The Balaban J connectivity index is 0.00000261. The van der Waals surface area contributed by atoms with Crippen LogP contribution in [0.1, 0.15) is 40.1 Å². The van der Waals surface area contributed by atoms with Crippen molar-refractivity contribution in [3.63, 3.8) is 0 Å². The molecule has 0 bridgehead atoms. The Kier molecular flexibility index (Phi) is 5.32. The Labute approximate surface area is 154 Å². The van der Waals surface area contributed by atoms with E-state index in [0.29, 0.717) is 30.4 Å². The molecule has 0 unspecified atom stereocenters. The number of nitrogens with one attached hydrogen (secondary N) is 2. The van der Waals surface area contributed by atoms with E-state index in [2.05, 4.69) is 50.6 Å². The van der Waals surface area contributed by atoms with Crippen molar-refractivity contribution in [3.05, 3.63) is 24.4 Å². The molecule has 9 heteroatoms. The average molecular weight is 358 g/mol. The molecule has 1 fully saturated rings. The molecule has 26 heavy (non-hydrogen) atoms. The van der Waals surface area contributed by atoms with Crippen molar-refractivity contribution in [1.29, 1.82) is 5.26 Å². The molecule has 1 aliphatic rings. The number of rotatable bonds is 6. The van der Waals surface area contributed by atoms with E-state index < -0.39 is 0 Å². The predicted molar refractivity (Wildman–Crippen MR) is 98.4 cm³/mol. The predicted octanol–water partition coefficient (Wildman–Crippen LogP) is 1.65. The molecule has 2 aromatic heterocycles. The number of hydrogen-bond acceptors (Lipinski definition) is 8. The molecule has 140 valence electrons. The summed E-state index contributed by atoms with van der Waals surface area (Å²) < 4.78 is 1.71. The second-order valence-corrected chi connectivity index (χ2v) is 7.28. The van der Waals surface area contributed by atoms with Gasteiger partial charge in [-0.15, -0.1) is 0 Å². The van der Waals surface area contributed by atoms with Crippen LogP contribution in [0.25, 0.3) is 0 Å². The first-order valence-electron chi connectivity index (χ1n) is 8.76. The Morgan fingerprint density at radius 1 is 1.46 bits per heavy atom. The van der Waals surface area contributed by atoms with Crippen LogP contribution in [0.15, 0.2) is 18.9 Å². The minimum Gasteiger partial charge on any atom is -0.393 e. The monoisotopic (exact) mass is 358 g/mol. The number of aliphatic hydroxyl groups excluding tert-OH is 1. The average Bonchev–Trinajstić information content (AvgIpc) is 3.12. The normalized spacial score (nSPS) is 21.8. The summed E-state index contributed by atoms with van der Waals surface area (Å²) in [5.41, 5.74) is 0.255. The zero-order valence-electron chi connectivity index (χ0n) is 15.1. The molecule has 1 saturated carbocycles. The highest BCUT2D eigenvalue weighted by Gasteiger charge is 2.35. The van der Waals surface area contributed by atoms with Gasteiger partial charge in [0.1, 0.15) is 30.1 Å². The van der Waals surface area contributed by atoms with Gasteiger partial charge in [0.25, 0.3) is 0 Å². The number of hydrogen-bond donors (Lipinski definition) is 3. The van der Waals surface area contributed by atoms with Crippen LogP contribution in [-0.2, 0) is 6.54 Å². The fourth-order valence-corrected chi connectivity index (χ4v) is 3.23. The lowest BCUT2D eigenvalue weighted by Gasteiger charge is -2.40. The van der Waals surface area contributed by atoms with Crippen LogP contribution in [0.2, 0.25) is 0 Å². The minimum atomic E-state index is -0.296. The Hall–Kier alpha value is -2.73. The summed E-state index contributed by atoms with van der Waals surface area (Å²) in [5, 5.41) is 30.0. The summed E-state index contributed by atoms with van der Waals surface area (Å²) in [6, 6.07) is 2.30. The number of nitrogens with zero attached hydrogens (tertiary/aromatic N) is 6. The number of anilines is 2. The highest BCUT2D eigenvalue weighted by Crippen LogP contribution is 2.36. The molecule has 2 heterocycles. The molecule has 9 nitrogen and oxygen atoms in total. The molecule has 3 rings (SSSR count). The van der Waals surface area contributed by atoms with E-state index in [9.17, 15) is 10.4 Å². The number of aliphatic hydroxyl groups is 1. The first-order valence-corrected chi connectivity index (χ1v) is 8.76. The van der Waals surface area contributed by atoms with Gasteiger partial charge < -0.3 is 15.7 Å². The highest BCUT2D eigenvalue weighted by molar-refractivity contribution is 5.54. The van der Waals surface area contributed by atoms with Gasteiger partial charge in [-0.05, 0) is 24.7 Å². The lowest BCUT2D eigenvalue weighted by Crippen LogP contribution is -2.41. The van der Waals surface area contributed by atoms with Crippen LogP contribution < -0.4 is 10.6 Å². The summed E-state index contributed by atoms with van der Waals surface area (Å²) >= 11 is 0.